The molecule has 1 aromatic heterocycles. The van der Waals surface area contributed by atoms with Crippen LogP contribution < -0.4 is 0 Å². The Bertz CT molecular complexity index is 464. The number of carbonyl (C=O) groups excluding carboxylic acids is 1. The summed E-state index contributed by atoms with van der Waals surface area (Å²) >= 11 is 11.9. The van der Waals surface area contributed by atoms with E-state index in [-0.39, 0.29) is 17.6 Å². The Hall–Kier alpha value is -0.800. The van der Waals surface area contributed by atoms with Gasteiger partial charge in [-0.15, -0.1) is 0 Å². The molecule has 2 rings (SSSR count). The molecule has 0 aliphatic carbocycles. The van der Waals surface area contributed by atoms with Gasteiger partial charge < -0.3 is 4.90 Å². The fraction of sp³-hybridized carbons (Fsp3) is 0.538. The SMILES string of the molecule is CC1CCC(C)N(C(=O)c2nc(Cl)ccc2Cl)C1. The average Bonchev–Trinajstić information content (AvgIpc) is 2.34. The second-order valence-corrected chi connectivity index (χ2v) is 5.75. The van der Waals surface area contributed by atoms with Crippen LogP contribution in [0.3, 0.4) is 0 Å². The van der Waals surface area contributed by atoms with Gasteiger partial charge >= 0.3 is 0 Å². The number of amides is 1. The van der Waals surface area contributed by atoms with Gasteiger partial charge in [0.25, 0.3) is 5.91 Å². The van der Waals surface area contributed by atoms with Gasteiger partial charge in [0.05, 0.1) is 5.02 Å². The molecule has 0 aromatic carbocycles. The van der Waals surface area contributed by atoms with Crippen molar-refractivity contribution in [2.24, 2.45) is 5.92 Å². The number of aromatic nitrogens is 1. The minimum Gasteiger partial charge on any atom is -0.334 e. The summed E-state index contributed by atoms with van der Waals surface area (Å²) in [6, 6.07) is 3.43. The van der Waals surface area contributed by atoms with Crippen molar-refractivity contribution in [2.45, 2.75) is 32.7 Å². The molecule has 1 saturated heterocycles. The topological polar surface area (TPSA) is 33.2 Å². The molecule has 2 heterocycles. The van der Waals surface area contributed by atoms with Crippen LogP contribution >= 0.6 is 23.2 Å². The van der Waals surface area contributed by atoms with E-state index in [1.165, 1.54) is 0 Å². The van der Waals surface area contributed by atoms with Crippen LogP contribution in [0.15, 0.2) is 12.1 Å². The number of nitrogens with zero attached hydrogens (tertiary/aromatic N) is 2. The average molecular weight is 287 g/mol. The van der Waals surface area contributed by atoms with Gasteiger partial charge in [0.15, 0.2) is 0 Å². The first kappa shape index (κ1) is 13.6. The fourth-order valence-electron chi connectivity index (χ4n) is 2.28. The van der Waals surface area contributed by atoms with E-state index in [9.17, 15) is 4.79 Å². The van der Waals surface area contributed by atoms with Crippen LogP contribution in [0.2, 0.25) is 10.2 Å². The van der Waals surface area contributed by atoms with Crippen LogP contribution in [0.5, 0.6) is 0 Å². The number of rotatable bonds is 1. The van der Waals surface area contributed by atoms with Gasteiger partial charge in [0, 0.05) is 12.6 Å². The number of halogens is 2. The highest BCUT2D eigenvalue weighted by Crippen LogP contribution is 2.25. The van der Waals surface area contributed by atoms with E-state index in [4.69, 9.17) is 23.2 Å². The van der Waals surface area contributed by atoms with E-state index >= 15 is 0 Å². The molecule has 5 heteroatoms. The van der Waals surface area contributed by atoms with Gasteiger partial charge in [-0.2, -0.15) is 0 Å². The van der Waals surface area contributed by atoms with Gasteiger partial charge in [-0.25, -0.2) is 4.98 Å². The molecular weight excluding hydrogens is 271 g/mol. The van der Waals surface area contributed by atoms with E-state index in [1.54, 1.807) is 12.1 Å². The zero-order valence-electron chi connectivity index (χ0n) is 10.5. The summed E-state index contributed by atoms with van der Waals surface area (Å²) in [5.74, 6) is 0.393. The summed E-state index contributed by atoms with van der Waals surface area (Å²) in [6.07, 6.45) is 2.17. The monoisotopic (exact) mass is 286 g/mol. The number of pyridine rings is 1. The molecule has 0 N–H and O–H groups in total. The largest absolute Gasteiger partial charge is 0.334 e. The Labute approximate surface area is 117 Å². The zero-order chi connectivity index (χ0) is 13.3. The maximum absolute atomic E-state index is 12.4. The molecule has 1 aromatic rings. The van der Waals surface area contributed by atoms with Crippen molar-refractivity contribution in [2.75, 3.05) is 6.54 Å². The molecule has 1 aliphatic heterocycles. The minimum atomic E-state index is -0.124. The van der Waals surface area contributed by atoms with Crippen molar-refractivity contribution in [1.82, 2.24) is 9.88 Å². The lowest BCUT2D eigenvalue weighted by molar-refractivity contribution is 0.0568. The van der Waals surface area contributed by atoms with Gasteiger partial charge in [0.2, 0.25) is 0 Å². The molecule has 2 unspecified atom stereocenters. The van der Waals surface area contributed by atoms with Crippen LogP contribution in [0, 0.1) is 5.92 Å². The second-order valence-electron chi connectivity index (χ2n) is 4.95. The molecule has 1 amide bonds. The Morgan fingerprint density at radius 2 is 2.06 bits per heavy atom. The molecule has 98 valence electrons. The first-order chi connectivity index (χ1) is 8.49. The van der Waals surface area contributed by atoms with Crippen LogP contribution in [0.1, 0.15) is 37.2 Å². The van der Waals surface area contributed by atoms with Gasteiger partial charge in [-0.1, -0.05) is 30.1 Å². The van der Waals surface area contributed by atoms with Crippen molar-refractivity contribution in [3.05, 3.63) is 28.0 Å². The lowest BCUT2D eigenvalue weighted by atomic mass is 9.95. The smallest absolute Gasteiger partial charge is 0.274 e. The van der Waals surface area contributed by atoms with Crippen LogP contribution in [-0.4, -0.2) is 28.4 Å². The highest BCUT2D eigenvalue weighted by Gasteiger charge is 2.29. The predicted octanol–water partition coefficient (Wildman–Crippen LogP) is 3.65. The Kier molecular flexibility index (Phi) is 4.13. The number of piperidine rings is 1. The minimum absolute atomic E-state index is 0.124. The van der Waals surface area contributed by atoms with Crippen LogP contribution in [0.4, 0.5) is 0 Å². The van der Waals surface area contributed by atoms with Crippen molar-refractivity contribution >= 4 is 29.1 Å². The fourth-order valence-corrected chi connectivity index (χ4v) is 2.61. The summed E-state index contributed by atoms with van der Waals surface area (Å²) in [4.78, 5) is 18.3. The molecule has 18 heavy (non-hydrogen) atoms. The van der Waals surface area contributed by atoms with Gasteiger partial charge in [-0.3, -0.25) is 4.79 Å². The molecule has 0 radical (unpaired) electrons. The Morgan fingerprint density at radius 3 is 2.78 bits per heavy atom. The van der Waals surface area contributed by atoms with E-state index < -0.39 is 0 Å². The standard InChI is InChI=1S/C13H16Cl2N2O/c1-8-3-4-9(2)17(7-8)13(18)12-10(14)5-6-11(15)16-12/h5-6,8-9H,3-4,7H2,1-2H3. The van der Waals surface area contributed by atoms with Gasteiger partial charge in [0.1, 0.15) is 10.8 Å². The normalized spacial score (nSPS) is 24.1. The Morgan fingerprint density at radius 1 is 1.33 bits per heavy atom. The summed E-state index contributed by atoms with van der Waals surface area (Å²) in [5, 5.41) is 0.648. The Balaban J connectivity index is 2.27. The number of likely N-dealkylation sites (tertiary alicyclic amines) is 1. The van der Waals surface area contributed by atoms with Crippen LogP contribution in [-0.2, 0) is 0 Å². The van der Waals surface area contributed by atoms with Crippen molar-refractivity contribution in [3.8, 4) is 0 Å². The highest BCUT2D eigenvalue weighted by molar-refractivity contribution is 6.34. The first-order valence-corrected chi connectivity index (χ1v) is 6.87. The van der Waals surface area contributed by atoms with E-state index in [1.807, 2.05) is 4.90 Å². The lowest BCUT2D eigenvalue weighted by Crippen LogP contribution is -2.45. The third-order valence-corrected chi connectivity index (χ3v) is 3.91. The molecule has 1 fully saturated rings. The number of hydrogen-bond donors (Lipinski definition) is 0. The van der Waals surface area contributed by atoms with Gasteiger partial charge in [-0.05, 0) is 37.8 Å². The third-order valence-electron chi connectivity index (χ3n) is 3.39. The van der Waals surface area contributed by atoms with Crippen LogP contribution in [0.25, 0.3) is 0 Å². The summed E-state index contributed by atoms with van der Waals surface area (Å²) in [5.41, 5.74) is 0.255. The molecular formula is C13H16Cl2N2O. The van der Waals surface area contributed by atoms with E-state index in [0.29, 0.717) is 16.1 Å². The molecule has 3 nitrogen and oxygen atoms in total. The van der Waals surface area contributed by atoms with Crippen molar-refractivity contribution < 1.29 is 4.79 Å². The molecule has 0 saturated carbocycles. The number of carbonyl (C=O) groups is 1. The quantitative estimate of drug-likeness (QED) is 0.739. The lowest BCUT2D eigenvalue weighted by Gasteiger charge is -2.36. The van der Waals surface area contributed by atoms with E-state index in [2.05, 4.69) is 18.8 Å². The first-order valence-electron chi connectivity index (χ1n) is 6.12. The molecule has 0 spiro atoms. The maximum atomic E-state index is 12.4. The van der Waals surface area contributed by atoms with Crippen molar-refractivity contribution in [3.63, 3.8) is 0 Å². The zero-order valence-corrected chi connectivity index (χ0v) is 12.0. The predicted molar refractivity (Wildman–Crippen MR) is 73.2 cm³/mol. The summed E-state index contributed by atoms with van der Waals surface area (Å²) in [7, 11) is 0. The number of hydrogen-bond acceptors (Lipinski definition) is 2. The summed E-state index contributed by atoms with van der Waals surface area (Å²) < 4.78 is 0. The summed E-state index contributed by atoms with van der Waals surface area (Å²) in [6.45, 7) is 4.96. The third kappa shape index (κ3) is 2.78. The second kappa shape index (κ2) is 5.45. The maximum Gasteiger partial charge on any atom is 0.274 e. The molecule has 2 atom stereocenters. The molecule has 1 aliphatic rings. The highest BCUT2D eigenvalue weighted by atomic mass is 35.5. The molecule has 0 bridgehead atoms. The van der Waals surface area contributed by atoms with E-state index in [0.717, 1.165) is 19.4 Å². The van der Waals surface area contributed by atoms with Crippen molar-refractivity contribution in [1.29, 1.82) is 0 Å².